The molecule has 168 valence electrons. The van der Waals surface area contributed by atoms with Crippen molar-refractivity contribution in [3.63, 3.8) is 0 Å². The zero-order valence-electron chi connectivity index (χ0n) is 19.9. The predicted octanol–water partition coefficient (Wildman–Crippen LogP) is 6.58. The number of aliphatic hydroxyl groups excluding tert-OH is 1. The first-order valence-electron chi connectivity index (χ1n) is 13.0. The Morgan fingerprint density at radius 1 is 0.862 bits per heavy atom. The summed E-state index contributed by atoms with van der Waals surface area (Å²) in [5.41, 5.74) is -0.154. The highest BCUT2D eigenvalue weighted by molar-refractivity contribution is 5.12. The maximum Gasteiger partial charge on any atom is 0.0910 e. The summed E-state index contributed by atoms with van der Waals surface area (Å²) in [4.78, 5) is 0. The largest absolute Gasteiger partial charge is 0.390 e. The summed E-state index contributed by atoms with van der Waals surface area (Å²) in [5, 5.41) is 22.6. The molecule has 0 radical (unpaired) electrons. The highest BCUT2D eigenvalue weighted by atomic mass is 16.3. The first-order chi connectivity index (χ1) is 13.6. The average Bonchev–Trinajstić information content (AvgIpc) is 3.03. The van der Waals surface area contributed by atoms with Crippen LogP contribution in [0.5, 0.6) is 0 Å². The second kappa shape index (κ2) is 7.80. The van der Waals surface area contributed by atoms with Gasteiger partial charge in [-0.2, -0.15) is 0 Å². The van der Waals surface area contributed by atoms with Crippen molar-refractivity contribution in [3.05, 3.63) is 0 Å². The monoisotopic (exact) mass is 404 g/mol. The van der Waals surface area contributed by atoms with Gasteiger partial charge >= 0.3 is 0 Å². The molecule has 0 aromatic carbocycles. The van der Waals surface area contributed by atoms with Gasteiger partial charge in [0, 0.05) is 0 Å². The molecule has 4 fully saturated rings. The van der Waals surface area contributed by atoms with Crippen LogP contribution in [0.4, 0.5) is 0 Å². The van der Waals surface area contributed by atoms with Crippen LogP contribution in [0.2, 0.25) is 0 Å². The van der Waals surface area contributed by atoms with Crippen molar-refractivity contribution in [3.8, 4) is 0 Å². The van der Waals surface area contributed by atoms with Gasteiger partial charge in [-0.25, -0.2) is 0 Å². The van der Waals surface area contributed by atoms with Crippen LogP contribution in [0, 0.1) is 46.3 Å². The Labute approximate surface area is 180 Å². The molecule has 0 aliphatic heterocycles. The third-order valence-electron chi connectivity index (χ3n) is 11.0. The van der Waals surface area contributed by atoms with Crippen molar-refractivity contribution in [2.24, 2.45) is 46.3 Å². The minimum absolute atomic E-state index is 0.210. The van der Waals surface area contributed by atoms with Crippen molar-refractivity contribution in [2.75, 3.05) is 0 Å². The molecule has 2 heteroatoms. The topological polar surface area (TPSA) is 40.5 Å². The Morgan fingerprint density at radius 2 is 1.59 bits per heavy atom. The van der Waals surface area contributed by atoms with Gasteiger partial charge in [0.15, 0.2) is 0 Å². The minimum Gasteiger partial charge on any atom is -0.390 e. The number of fused-ring (bicyclic) bond motifs is 5. The summed E-state index contributed by atoms with van der Waals surface area (Å²) in [6.07, 6.45) is 14.8. The van der Waals surface area contributed by atoms with E-state index in [1.807, 2.05) is 6.92 Å². The van der Waals surface area contributed by atoms with Gasteiger partial charge < -0.3 is 10.2 Å². The highest BCUT2D eigenvalue weighted by Gasteiger charge is 2.62. The molecule has 0 heterocycles. The minimum atomic E-state index is -0.947. The summed E-state index contributed by atoms with van der Waals surface area (Å²) in [6.45, 7) is 11.5. The van der Waals surface area contributed by atoms with Crippen LogP contribution in [0.3, 0.4) is 0 Å². The summed E-state index contributed by atoms with van der Waals surface area (Å²) >= 11 is 0. The molecule has 0 amide bonds. The molecule has 4 rings (SSSR count). The van der Waals surface area contributed by atoms with Crippen LogP contribution in [0.15, 0.2) is 0 Å². The van der Waals surface area contributed by atoms with E-state index < -0.39 is 11.7 Å². The van der Waals surface area contributed by atoms with Crippen LogP contribution in [-0.2, 0) is 0 Å². The number of hydrogen-bond acceptors (Lipinski definition) is 2. The Balaban J connectivity index is 1.53. The molecule has 9 atom stereocenters. The third-order valence-corrected chi connectivity index (χ3v) is 11.0. The van der Waals surface area contributed by atoms with Gasteiger partial charge in [-0.1, -0.05) is 40.5 Å². The van der Waals surface area contributed by atoms with E-state index in [2.05, 4.69) is 27.7 Å². The molecular weight excluding hydrogens is 356 g/mol. The molecule has 4 aliphatic rings. The lowest BCUT2D eigenvalue weighted by Crippen LogP contribution is -2.56. The third kappa shape index (κ3) is 3.53. The Kier molecular flexibility index (Phi) is 5.95. The molecule has 0 bridgehead atoms. The second-order valence-electron chi connectivity index (χ2n) is 12.8. The van der Waals surface area contributed by atoms with Gasteiger partial charge in [0.25, 0.3) is 0 Å². The molecule has 0 spiro atoms. The zero-order chi connectivity index (χ0) is 21.0. The van der Waals surface area contributed by atoms with Gasteiger partial charge in [0.05, 0.1) is 11.7 Å². The van der Waals surface area contributed by atoms with Crippen LogP contribution >= 0.6 is 0 Å². The zero-order valence-corrected chi connectivity index (χ0v) is 19.9. The molecule has 0 aromatic heterocycles. The van der Waals surface area contributed by atoms with Gasteiger partial charge in [-0.3, -0.25) is 0 Å². The molecule has 2 N–H and O–H groups in total. The summed E-state index contributed by atoms with van der Waals surface area (Å²) in [5.74, 6) is 4.33. The summed E-state index contributed by atoms with van der Waals surface area (Å²) in [6, 6.07) is 0. The lowest BCUT2D eigenvalue weighted by Gasteiger charge is -2.61. The van der Waals surface area contributed by atoms with Crippen LogP contribution in [0.25, 0.3) is 0 Å². The fraction of sp³-hybridized carbons (Fsp3) is 1.00. The number of hydrogen-bond donors (Lipinski definition) is 2. The van der Waals surface area contributed by atoms with Crippen LogP contribution in [-0.4, -0.2) is 21.9 Å². The Hall–Kier alpha value is -0.0800. The quantitative estimate of drug-likeness (QED) is 0.543. The SMILES string of the molecule is CC(C)CC[C@H](O)[C@@](C)(O)[C@@H]1CC[C@@H]2[C@H]3CC[C@@H]4CCCC[C@@]4(C)[C@@H]3CC[C@]21C. The van der Waals surface area contributed by atoms with E-state index in [4.69, 9.17) is 0 Å². The Bertz CT molecular complexity index is 583. The Morgan fingerprint density at radius 3 is 2.31 bits per heavy atom. The fourth-order valence-electron chi connectivity index (χ4n) is 9.27. The second-order valence-corrected chi connectivity index (χ2v) is 12.8. The van der Waals surface area contributed by atoms with Crippen molar-refractivity contribution < 1.29 is 10.2 Å². The number of rotatable bonds is 5. The lowest BCUT2D eigenvalue weighted by atomic mass is 9.44. The van der Waals surface area contributed by atoms with E-state index in [9.17, 15) is 10.2 Å². The normalized spacial score (nSPS) is 47.8. The maximum atomic E-state index is 11.6. The van der Waals surface area contributed by atoms with Crippen molar-refractivity contribution >= 4 is 0 Å². The smallest absolute Gasteiger partial charge is 0.0910 e. The molecule has 0 saturated heterocycles. The molecule has 29 heavy (non-hydrogen) atoms. The fourth-order valence-corrected chi connectivity index (χ4v) is 9.27. The molecule has 0 unspecified atom stereocenters. The molecular formula is C27H48O2. The first kappa shape index (κ1) is 22.1. The average molecular weight is 405 g/mol. The predicted molar refractivity (Wildman–Crippen MR) is 121 cm³/mol. The molecule has 4 aliphatic carbocycles. The summed E-state index contributed by atoms with van der Waals surface area (Å²) in [7, 11) is 0. The standard InChI is InChI=1S/C27H48O2/c1-18(2)9-14-24(28)27(5,29)23-13-12-21-20-11-10-19-8-6-7-16-25(19,3)22(20)15-17-26(21,23)4/h18-24,28-29H,6-17H2,1-5H3/t19-,20+,21+,22+,23+,24-,25+,26+,27-/m0/s1. The van der Waals surface area contributed by atoms with E-state index in [1.165, 1.54) is 57.8 Å². The van der Waals surface area contributed by atoms with Crippen LogP contribution < -0.4 is 0 Å². The highest BCUT2D eigenvalue weighted by Crippen LogP contribution is 2.68. The molecule has 2 nitrogen and oxygen atoms in total. The first-order valence-corrected chi connectivity index (χ1v) is 13.0. The van der Waals surface area contributed by atoms with Gasteiger partial charge in [0.1, 0.15) is 0 Å². The van der Waals surface area contributed by atoms with Crippen LogP contribution in [0.1, 0.15) is 112 Å². The van der Waals surface area contributed by atoms with Crippen molar-refractivity contribution in [1.82, 2.24) is 0 Å². The maximum absolute atomic E-state index is 11.6. The molecule has 4 saturated carbocycles. The van der Waals surface area contributed by atoms with E-state index in [-0.39, 0.29) is 11.3 Å². The van der Waals surface area contributed by atoms with Gasteiger partial charge in [-0.05, 0) is 117 Å². The number of aliphatic hydroxyl groups is 2. The van der Waals surface area contributed by atoms with E-state index >= 15 is 0 Å². The van der Waals surface area contributed by atoms with E-state index in [1.54, 1.807) is 0 Å². The lowest BCUT2D eigenvalue weighted by molar-refractivity contribution is -0.163. The van der Waals surface area contributed by atoms with Gasteiger partial charge in [0.2, 0.25) is 0 Å². The van der Waals surface area contributed by atoms with Crippen molar-refractivity contribution in [2.45, 2.75) is 123 Å². The van der Waals surface area contributed by atoms with Crippen molar-refractivity contribution in [1.29, 1.82) is 0 Å². The molecule has 0 aromatic rings. The van der Waals surface area contributed by atoms with Gasteiger partial charge in [-0.15, -0.1) is 0 Å². The summed E-state index contributed by atoms with van der Waals surface area (Å²) < 4.78 is 0. The van der Waals surface area contributed by atoms with E-state index in [0.29, 0.717) is 11.3 Å². The van der Waals surface area contributed by atoms with E-state index in [0.717, 1.165) is 42.9 Å².